The van der Waals surface area contributed by atoms with E-state index in [0.29, 0.717) is 41.5 Å². The second kappa shape index (κ2) is 10.9. The van der Waals surface area contributed by atoms with Crippen LogP contribution in [0.5, 0.6) is 11.5 Å². The van der Waals surface area contributed by atoms with Crippen LogP contribution in [0.15, 0.2) is 53.4 Å². The van der Waals surface area contributed by atoms with Gasteiger partial charge in [-0.25, -0.2) is 4.79 Å². The number of alkyl carbamates (subject to hydrolysis) is 1. The number of halogens is 1. The molecule has 1 saturated carbocycles. The van der Waals surface area contributed by atoms with Crippen molar-refractivity contribution in [3.63, 3.8) is 0 Å². The van der Waals surface area contributed by atoms with E-state index in [9.17, 15) is 14.9 Å². The molecule has 2 aliphatic heterocycles. The van der Waals surface area contributed by atoms with Crippen LogP contribution in [-0.2, 0) is 11.2 Å². The van der Waals surface area contributed by atoms with Crippen molar-refractivity contribution in [2.75, 3.05) is 19.5 Å². The van der Waals surface area contributed by atoms with Gasteiger partial charge in [0.25, 0.3) is 5.91 Å². The van der Waals surface area contributed by atoms with Crippen LogP contribution in [0.2, 0.25) is 5.02 Å². The molecule has 2 bridgehead atoms. The van der Waals surface area contributed by atoms with Crippen LogP contribution in [-0.4, -0.2) is 43.2 Å². The Labute approximate surface area is 212 Å². The lowest BCUT2D eigenvalue weighted by Gasteiger charge is -2.22. The third kappa shape index (κ3) is 6.41. The Morgan fingerprint density at radius 2 is 1.91 bits per heavy atom. The molecule has 182 valence electrons. The number of nitrogens with one attached hydrogen (secondary N) is 2. The molecule has 2 amide bonds. The van der Waals surface area contributed by atoms with Crippen molar-refractivity contribution in [2.24, 2.45) is 0 Å². The highest BCUT2D eigenvalue weighted by Crippen LogP contribution is 2.34. The maximum Gasteiger partial charge on any atom is 0.410 e. The molecule has 2 heterocycles. The fourth-order valence-electron chi connectivity index (χ4n) is 3.44. The van der Waals surface area contributed by atoms with E-state index >= 15 is 0 Å². The Morgan fingerprint density at radius 1 is 1.20 bits per heavy atom. The smallest absolute Gasteiger partial charge is 0.410 e. The maximum absolute atomic E-state index is 13.3. The molecule has 35 heavy (non-hydrogen) atoms. The van der Waals surface area contributed by atoms with Crippen molar-refractivity contribution in [3.8, 4) is 17.6 Å². The monoisotopic (exact) mass is 513 g/mol. The molecule has 1 atom stereocenters. The van der Waals surface area contributed by atoms with Crippen molar-refractivity contribution >= 4 is 35.4 Å². The third-order valence-electron chi connectivity index (χ3n) is 5.53. The summed E-state index contributed by atoms with van der Waals surface area (Å²) in [5.41, 5.74) is 0.133. The van der Waals surface area contributed by atoms with Crippen molar-refractivity contribution in [2.45, 2.75) is 35.9 Å². The topological polar surface area (TPSA) is 110 Å². The Bertz CT molecular complexity index is 1190. The zero-order valence-corrected chi connectivity index (χ0v) is 20.6. The summed E-state index contributed by atoms with van der Waals surface area (Å²) < 4.78 is 17.1. The van der Waals surface area contributed by atoms with Crippen molar-refractivity contribution in [1.82, 2.24) is 10.6 Å². The van der Waals surface area contributed by atoms with E-state index in [2.05, 4.69) is 16.7 Å². The molecular weight excluding hydrogens is 490 g/mol. The molecule has 1 fully saturated rings. The van der Waals surface area contributed by atoms with Crippen molar-refractivity contribution in [3.05, 3.63) is 64.7 Å². The van der Waals surface area contributed by atoms with Gasteiger partial charge < -0.3 is 24.8 Å². The van der Waals surface area contributed by atoms with Gasteiger partial charge in [0.2, 0.25) is 0 Å². The van der Waals surface area contributed by atoms with E-state index in [1.54, 1.807) is 36.4 Å². The maximum atomic E-state index is 13.3. The minimum atomic E-state index is -1.03. The first kappa shape index (κ1) is 24.8. The van der Waals surface area contributed by atoms with E-state index in [1.807, 2.05) is 18.4 Å². The summed E-state index contributed by atoms with van der Waals surface area (Å²) in [5.74, 6) is 0.443. The van der Waals surface area contributed by atoms with Crippen LogP contribution in [0.25, 0.3) is 0 Å². The molecule has 2 N–H and O–H groups in total. The second-order valence-electron chi connectivity index (χ2n) is 8.11. The summed E-state index contributed by atoms with van der Waals surface area (Å²) in [4.78, 5) is 26.7. The number of carbonyl (C=O) groups excluding carboxylic acids is 2. The largest absolute Gasteiger partial charge is 0.489 e. The quantitative estimate of drug-likeness (QED) is 0.460. The zero-order chi connectivity index (χ0) is 24.8. The second-order valence-corrected chi connectivity index (χ2v) is 9.40. The van der Waals surface area contributed by atoms with E-state index in [0.717, 1.165) is 10.5 Å². The number of ether oxygens (including phenoxy) is 3. The van der Waals surface area contributed by atoms with Gasteiger partial charge in [0.1, 0.15) is 30.3 Å². The van der Waals surface area contributed by atoms with E-state index in [1.165, 1.54) is 11.8 Å². The standard InChI is InChI=1S/C25H24ClN3O5S/c1-35-17-5-7-20-18(14-17)23(30)28-22(34-24(31)29-25(15-27)8-9-25)13-16-4-6-21(19(26)12-16)33-11-3-2-10-32-20/h2-7,12,14,22H,8-11,13H2,1H3,(H,28,30)(H,29,31)/b3-2+/t22-/m0/s1. The first-order valence-corrected chi connectivity index (χ1v) is 12.6. The molecule has 0 spiro atoms. The molecule has 1 aliphatic carbocycles. The minimum Gasteiger partial charge on any atom is -0.489 e. The summed E-state index contributed by atoms with van der Waals surface area (Å²) in [5, 5.41) is 15.0. The van der Waals surface area contributed by atoms with Gasteiger partial charge in [-0.15, -0.1) is 11.8 Å². The van der Waals surface area contributed by atoms with Gasteiger partial charge in [-0.3, -0.25) is 4.79 Å². The Balaban J connectivity index is 1.63. The van der Waals surface area contributed by atoms with Gasteiger partial charge in [0.05, 0.1) is 16.7 Å². The molecule has 0 saturated heterocycles. The molecule has 0 unspecified atom stereocenters. The van der Waals surface area contributed by atoms with Crippen LogP contribution in [0.1, 0.15) is 28.8 Å². The predicted molar refractivity (Wildman–Crippen MR) is 132 cm³/mol. The molecule has 0 aromatic heterocycles. The SMILES string of the molecule is CSc1ccc2c(c1)C(=O)N[C@@H](OC(=O)NC1(C#N)CC1)Cc1ccc(c(Cl)c1)OC/C=C/CO2. The average molecular weight is 514 g/mol. The van der Waals surface area contributed by atoms with Crippen LogP contribution in [0, 0.1) is 11.3 Å². The van der Waals surface area contributed by atoms with Gasteiger partial charge in [-0.2, -0.15) is 5.26 Å². The van der Waals surface area contributed by atoms with Gasteiger partial charge in [0.15, 0.2) is 6.23 Å². The fourth-order valence-corrected chi connectivity index (χ4v) is 4.14. The van der Waals surface area contributed by atoms with Crippen molar-refractivity contribution < 1.29 is 23.8 Å². The van der Waals surface area contributed by atoms with Gasteiger partial charge >= 0.3 is 6.09 Å². The number of benzene rings is 2. The van der Waals surface area contributed by atoms with Crippen molar-refractivity contribution in [1.29, 1.82) is 5.26 Å². The van der Waals surface area contributed by atoms with E-state index < -0.39 is 23.8 Å². The molecule has 2 aromatic carbocycles. The zero-order valence-electron chi connectivity index (χ0n) is 19.0. The first-order valence-electron chi connectivity index (χ1n) is 11.0. The summed E-state index contributed by atoms with van der Waals surface area (Å²) in [6, 6.07) is 12.6. The number of nitrogens with zero attached hydrogens (tertiary/aromatic N) is 1. The van der Waals surface area contributed by atoms with E-state index in [-0.39, 0.29) is 13.0 Å². The highest BCUT2D eigenvalue weighted by Gasteiger charge is 2.45. The number of rotatable bonds is 3. The number of thioether (sulfide) groups is 1. The van der Waals surface area contributed by atoms with Crippen LogP contribution >= 0.6 is 23.4 Å². The lowest BCUT2D eigenvalue weighted by molar-refractivity contribution is 0.0622. The lowest BCUT2D eigenvalue weighted by Crippen LogP contribution is -2.45. The predicted octanol–water partition coefficient (Wildman–Crippen LogP) is 4.47. The molecule has 2 aromatic rings. The minimum absolute atomic E-state index is 0.150. The Morgan fingerprint density at radius 3 is 2.57 bits per heavy atom. The molecule has 5 rings (SSSR count). The summed E-state index contributed by atoms with van der Waals surface area (Å²) in [7, 11) is 0. The number of carbonyl (C=O) groups is 2. The van der Waals surface area contributed by atoms with Crippen LogP contribution in [0.4, 0.5) is 4.79 Å². The lowest BCUT2D eigenvalue weighted by atomic mass is 10.1. The molecule has 3 aliphatic rings. The summed E-state index contributed by atoms with van der Waals surface area (Å²) >= 11 is 7.86. The van der Waals surface area contributed by atoms with E-state index in [4.69, 9.17) is 25.8 Å². The average Bonchev–Trinajstić information content (AvgIpc) is 3.61. The molecular formula is C25H24ClN3O5S. The Hall–Kier alpha value is -3.35. The van der Waals surface area contributed by atoms with Gasteiger partial charge in [-0.05, 0) is 67.1 Å². The van der Waals surface area contributed by atoms with Crippen LogP contribution in [0.3, 0.4) is 0 Å². The Kier molecular flexibility index (Phi) is 7.73. The number of nitriles is 1. The highest BCUT2D eigenvalue weighted by molar-refractivity contribution is 7.98. The normalized spacial score (nSPS) is 19.7. The summed E-state index contributed by atoms with van der Waals surface area (Å²) in [6.45, 7) is 0.529. The number of hydrogen-bond acceptors (Lipinski definition) is 7. The molecule has 0 radical (unpaired) electrons. The molecule has 8 nitrogen and oxygen atoms in total. The third-order valence-corrected chi connectivity index (χ3v) is 6.55. The number of fused-ring (bicyclic) bond motifs is 9. The fraction of sp³-hybridized carbons (Fsp3) is 0.320. The van der Waals surface area contributed by atoms with Gasteiger partial charge in [0, 0.05) is 11.3 Å². The van der Waals surface area contributed by atoms with Crippen LogP contribution < -0.4 is 20.1 Å². The number of hydrogen-bond donors (Lipinski definition) is 2. The number of amides is 2. The van der Waals surface area contributed by atoms with Gasteiger partial charge in [-0.1, -0.05) is 17.7 Å². The highest BCUT2D eigenvalue weighted by atomic mass is 35.5. The first-order chi connectivity index (χ1) is 16.9. The summed E-state index contributed by atoms with van der Waals surface area (Å²) in [6.07, 6.45) is 4.96. The molecule has 10 heteroatoms.